The summed E-state index contributed by atoms with van der Waals surface area (Å²) in [5, 5.41) is 9.08. The Hall–Kier alpha value is -1.34. The smallest absolute Gasteiger partial charge is 0.251 e. The fourth-order valence-electron chi connectivity index (χ4n) is 3.01. The van der Waals surface area contributed by atoms with Crippen molar-refractivity contribution in [2.24, 2.45) is 0 Å². The Bertz CT molecular complexity index is 577. The number of benzene rings is 1. The molecule has 1 fully saturated rings. The molecule has 0 unspecified atom stereocenters. The maximum absolute atomic E-state index is 12.3. The van der Waals surface area contributed by atoms with Crippen LogP contribution in [-0.4, -0.2) is 55.5 Å². The molecule has 0 radical (unpaired) electrons. The Labute approximate surface area is 174 Å². The Morgan fingerprint density at radius 1 is 1.19 bits per heavy atom. The Balaban J connectivity index is 0.00000338. The molecule has 8 heteroatoms. The zero-order chi connectivity index (χ0) is 18.1. The lowest BCUT2D eigenvalue weighted by atomic mass is 10.0. The van der Waals surface area contributed by atoms with Crippen LogP contribution in [0.3, 0.4) is 0 Å². The van der Waals surface area contributed by atoms with Crippen LogP contribution in [0.15, 0.2) is 24.3 Å². The maximum atomic E-state index is 12.3. The summed E-state index contributed by atoms with van der Waals surface area (Å²) >= 11 is 0. The summed E-state index contributed by atoms with van der Waals surface area (Å²) in [6.45, 7) is 8.50. The molecule has 1 saturated heterocycles. The highest BCUT2D eigenvalue weighted by molar-refractivity contribution is 5.98. The summed E-state index contributed by atoms with van der Waals surface area (Å²) in [5.74, 6) is -0.141. The number of halogens is 2. The number of amides is 2. The number of hydrogen-bond donors (Lipinski definition) is 3. The van der Waals surface area contributed by atoms with Crippen molar-refractivity contribution in [1.29, 1.82) is 0 Å². The second-order valence-corrected chi connectivity index (χ2v) is 6.36. The number of nitrogens with zero attached hydrogens (tertiary/aromatic N) is 1. The molecule has 0 aromatic heterocycles. The molecule has 1 aromatic rings. The van der Waals surface area contributed by atoms with Crippen LogP contribution >= 0.6 is 24.8 Å². The second-order valence-electron chi connectivity index (χ2n) is 6.36. The molecule has 0 saturated carbocycles. The average molecular weight is 419 g/mol. The average Bonchev–Trinajstić information content (AvgIpc) is 2.66. The Kier molecular flexibility index (Phi) is 13.1. The maximum Gasteiger partial charge on any atom is 0.251 e. The van der Waals surface area contributed by atoms with Crippen LogP contribution in [-0.2, 0) is 4.79 Å². The van der Waals surface area contributed by atoms with Crippen molar-refractivity contribution < 1.29 is 9.59 Å². The molecule has 1 atom stereocenters. The molecule has 1 aliphatic heterocycles. The van der Waals surface area contributed by atoms with E-state index in [9.17, 15) is 9.59 Å². The third kappa shape index (κ3) is 8.47. The minimum atomic E-state index is -0.139. The van der Waals surface area contributed by atoms with E-state index >= 15 is 0 Å². The van der Waals surface area contributed by atoms with E-state index in [0.717, 1.165) is 45.4 Å². The molecule has 6 nitrogen and oxygen atoms in total. The Morgan fingerprint density at radius 3 is 2.56 bits per heavy atom. The first-order valence-electron chi connectivity index (χ1n) is 9.29. The molecule has 1 aromatic carbocycles. The molecule has 3 N–H and O–H groups in total. The van der Waals surface area contributed by atoms with Gasteiger partial charge in [-0.2, -0.15) is 0 Å². The lowest BCUT2D eigenvalue weighted by Crippen LogP contribution is -2.43. The highest BCUT2D eigenvalue weighted by atomic mass is 35.5. The number of piperidine rings is 1. The van der Waals surface area contributed by atoms with Crippen molar-refractivity contribution in [2.75, 3.05) is 38.0 Å². The van der Waals surface area contributed by atoms with E-state index in [1.807, 2.05) is 6.07 Å². The zero-order valence-corrected chi connectivity index (χ0v) is 17.8. The van der Waals surface area contributed by atoms with Crippen molar-refractivity contribution in [3.63, 3.8) is 0 Å². The van der Waals surface area contributed by atoms with E-state index in [1.165, 1.54) is 0 Å². The first-order valence-corrected chi connectivity index (χ1v) is 9.29. The lowest BCUT2D eigenvalue weighted by Gasteiger charge is -2.22. The van der Waals surface area contributed by atoms with Gasteiger partial charge in [-0.25, -0.2) is 0 Å². The van der Waals surface area contributed by atoms with Gasteiger partial charge in [0.05, 0.1) is 6.04 Å². The first kappa shape index (κ1) is 25.7. The van der Waals surface area contributed by atoms with Crippen LogP contribution < -0.4 is 16.0 Å². The monoisotopic (exact) mass is 418 g/mol. The van der Waals surface area contributed by atoms with Crippen molar-refractivity contribution in [2.45, 2.75) is 39.2 Å². The molecule has 2 rings (SSSR count). The van der Waals surface area contributed by atoms with E-state index in [0.29, 0.717) is 17.8 Å². The van der Waals surface area contributed by atoms with Gasteiger partial charge in [0.15, 0.2) is 0 Å². The van der Waals surface area contributed by atoms with Crippen LogP contribution in [0.1, 0.15) is 43.5 Å². The van der Waals surface area contributed by atoms with Crippen LogP contribution in [0.4, 0.5) is 5.69 Å². The third-order valence-corrected chi connectivity index (χ3v) is 4.63. The van der Waals surface area contributed by atoms with Crippen molar-refractivity contribution in [3.8, 4) is 0 Å². The summed E-state index contributed by atoms with van der Waals surface area (Å²) in [7, 11) is 0. The van der Waals surface area contributed by atoms with Gasteiger partial charge in [-0.3, -0.25) is 9.59 Å². The van der Waals surface area contributed by atoms with Gasteiger partial charge in [0.1, 0.15) is 0 Å². The molecule has 0 aliphatic carbocycles. The number of carbonyl (C=O) groups excluding carboxylic acids is 2. The molecular formula is C19H32Cl2N4O2. The summed E-state index contributed by atoms with van der Waals surface area (Å²) in [6, 6.07) is 6.96. The molecule has 2 amide bonds. The van der Waals surface area contributed by atoms with Gasteiger partial charge in [0.25, 0.3) is 5.91 Å². The molecule has 1 heterocycles. The lowest BCUT2D eigenvalue weighted by molar-refractivity contribution is -0.118. The predicted molar refractivity (Wildman–Crippen MR) is 115 cm³/mol. The number of anilines is 1. The largest absolute Gasteiger partial charge is 0.351 e. The standard InChI is InChI=1S/C19H30N4O2.2ClH/c1-3-23(4-2)13-12-21-18(24)15-8-7-9-16(14-15)22-19(25)17-10-5-6-11-20-17;;/h7-9,14,17,20H,3-6,10-13H2,1-2H3,(H,21,24)(H,22,25);2*1H/t17-;;/m1../s1. The SMILES string of the molecule is CCN(CC)CCNC(=O)c1cccc(NC(=O)[C@H]2CCCCN2)c1.Cl.Cl. The summed E-state index contributed by atoms with van der Waals surface area (Å²) in [4.78, 5) is 26.8. The summed E-state index contributed by atoms with van der Waals surface area (Å²) < 4.78 is 0. The second kappa shape index (κ2) is 13.8. The quantitative estimate of drug-likeness (QED) is 0.606. The van der Waals surface area contributed by atoms with Gasteiger partial charge in [0, 0.05) is 24.3 Å². The van der Waals surface area contributed by atoms with Crippen molar-refractivity contribution >= 4 is 42.3 Å². The number of nitrogens with one attached hydrogen (secondary N) is 3. The van der Waals surface area contributed by atoms with Crippen LogP contribution in [0.2, 0.25) is 0 Å². The van der Waals surface area contributed by atoms with E-state index in [1.54, 1.807) is 18.2 Å². The van der Waals surface area contributed by atoms with Crippen molar-refractivity contribution in [1.82, 2.24) is 15.5 Å². The summed E-state index contributed by atoms with van der Waals surface area (Å²) in [6.07, 6.45) is 3.05. The minimum Gasteiger partial charge on any atom is -0.351 e. The topological polar surface area (TPSA) is 73.5 Å². The number of carbonyl (C=O) groups is 2. The van der Waals surface area contributed by atoms with Crippen molar-refractivity contribution in [3.05, 3.63) is 29.8 Å². The minimum absolute atomic E-state index is 0. The van der Waals surface area contributed by atoms with E-state index in [-0.39, 0.29) is 42.7 Å². The fourth-order valence-corrected chi connectivity index (χ4v) is 3.01. The highest BCUT2D eigenvalue weighted by Crippen LogP contribution is 2.13. The number of rotatable bonds is 8. The summed E-state index contributed by atoms with van der Waals surface area (Å²) in [5.41, 5.74) is 1.22. The van der Waals surface area contributed by atoms with Gasteiger partial charge < -0.3 is 20.9 Å². The van der Waals surface area contributed by atoms with Crippen LogP contribution in [0, 0.1) is 0 Å². The highest BCUT2D eigenvalue weighted by Gasteiger charge is 2.20. The van der Waals surface area contributed by atoms with Gasteiger partial charge in [-0.05, 0) is 50.7 Å². The van der Waals surface area contributed by atoms with Gasteiger partial charge in [-0.15, -0.1) is 24.8 Å². The number of likely N-dealkylation sites (N-methyl/N-ethyl adjacent to an activating group) is 1. The molecule has 27 heavy (non-hydrogen) atoms. The normalized spacial score (nSPS) is 16.0. The van der Waals surface area contributed by atoms with Gasteiger partial charge in [-0.1, -0.05) is 26.3 Å². The Morgan fingerprint density at radius 2 is 1.93 bits per heavy atom. The van der Waals surface area contributed by atoms with E-state index in [4.69, 9.17) is 0 Å². The van der Waals surface area contributed by atoms with Gasteiger partial charge >= 0.3 is 0 Å². The fraction of sp³-hybridized carbons (Fsp3) is 0.579. The third-order valence-electron chi connectivity index (χ3n) is 4.63. The zero-order valence-electron chi connectivity index (χ0n) is 16.1. The number of hydrogen-bond acceptors (Lipinski definition) is 4. The molecular weight excluding hydrogens is 387 g/mol. The molecule has 0 bridgehead atoms. The first-order chi connectivity index (χ1) is 12.1. The molecule has 0 spiro atoms. The van der Waals surface area contributed by atoms with E-state index < -0.39 is 0 Å². The molecule has 154 valence electrons. The van der Waals surface area contributed by atoms with Gasteiger partial charge in [0.2, 0.25) is 5.91 Å². The van der Waals surface area contributed by atoms with Crippen LogP contribution in [0.5, 0.6) is 0 Å². The molecule has 1 aliphatic rings. The van der Waals surface area contributed by atoms with Crippen LogP contribution in [0.25, 0.3) is 0 Å². The predicted octanol–water partition coefficient (Wildman–Crippen LogP) is 2.68. The van der Waals surface area contributed by atoms with E-state index in [2.05, 4.69) is 34.7 Å².